The van der Waals surface area contributed by atoms with E-state index in [1.807, 2.05) is 36.4 Å². The van der Waals surface area contributed by atoms with Crippen LogP contribution in [0, 0.1) is 0 Å². The molecule has 3 aromatic rings. The number of thiophene rings is 1. The largest absolute Gasteiger partial charge is 0.344 e. The Kier molecular flexibility index (Phi) is 5.44. The Hall–Kier alpha value is -2.98. The summed E-state index contributed by atoms with van der Waals surface area (Å²) < 4.78 is 0. The normalized spacial score (nSPS) is 18.7. The fraction of sp³-hybridized carbons (Fsp3) is 0.250. The third-order valence-corrected chi connectivity index (χ3v) is 6.99. The number of carbonyl (C=O) groups is 3. The van der Waals surface area contributed by atoms with Crippen LogP contribution in [0.1, 0.15) is 20.3 Å². The Bertz CT molecular complexity index is 1130. The third kappa shape index (κ3) is 3.75. The lowest BCUT2D eigenvalue weighted by molar-refractivity contribution is -0.137. The molecule has 0 radical (unpaired) electrons. The lowest BCUT2D eigenvalue weighted by atomic mass is 10.00. The van der Waals surface area contributed by atoms with Gasteiger partial charge in [-0.15, -0.1) is 11.3 Å². The molecule has 30 heavy (non-hydrogen) atoms. The van der Waals surface area contributed by atoms with Crippen molar-refractivity contribution in [1.82, 2.24) is 25.7 Å². The maximum Gasteiger partial charge on any atom is 0.344 e. The summed E-state index contributed by atoms with van der Waals surface area (Å²) in [5.41, 5.74) is 2.48. The van der Waals surface area contributed by atoms with Gasteiger partial charge >= 0.3 is 6.03 Å². The Morgan fingerprint density at radius 2 is 2.03 bits per heavy atom. The molecule has 0 spiro atoms. The van der Waals surface area contributed by atoms with Gasteiger partial charge in [-0.05, 0) is 25.0 Å². The standard InChI is InChI=1S/C20H19N5O3S2/c1-3-20(2)18(27)25(19(28)23-20)24-15(26)10-29-16-13-9-14(12-7-5-4-6-8-12)30-17(13)22-11-21-16/h4-9,11H,3,10H2,1-2H3,(H,23,28)(H,24,26)/t20-/m1/s1. The minimum atomic E-state index is -0.999. The molecule has 0 saturated carbocycles. The molecule has 4 rings (SSSR count). The highest BCUT2D eigenvalue weighted by molar-refractivity contribution is 8.00. The van der Waals surface area contributed by atoms with Gasteiger partial charge in [0.2, 0.25) is 5.91 Å². The summed E-state index contributed by atoms with van der Waals surface area (Å²) in [5.74, 6) is -0.931. The van der Waals surface area contributed by atoms with Crippen molar-refractivity contribution in [2.24, 2.45) is 0 Å². The summed E-state index contributed by atoms with van der Waals surface area (Å²) in [5, 5.41) is 4.89. The average molecular weight is 442 g/mol. The van der Waals surface area contributed by atoms with E-state index in [2.05, 4.69) is 20.7 Å². The minimum absolute atomic E-state index is 0.00251. The zero-order valence-electron chi connectivity index (χ0n) is 16.3. The second kappa shape index (κ2) is 8.04. The van der Waals surface area contributed by atoms with Gasteiger partial charge < -0.3 is 5.32 Å². The van der Waals surface area contributed by atoms with Crippen LogP contribution in [0.15, 0.2) is 47.8 Å². The van der Waals surface area contributed by atoms with E-state index in [9.17, 15) is 14.4 Å². The lowest BCUT2D eigenvalue weighted by Crippen LogP contribution is -2.49. The number of hydrazine groups is 1. The number of aromatic nitrogens is 2. The number of thioether (sulfide) groups is 1. The maximum atomic E-state index is 12.4. The Balaban J connectivity index is 1.46. The predicted molar refractivity (Wildman–Crippen MR) is 116 cm³/mol. The smallest absolute Gasteiger partial charge is 0.322 e. The Labute approximate surface area is 181 Å². The van der Waals surface area contributed by atoms with Gasteiger partial charge in [0, 0.05) is 10.3 Å². The summed E-state index contributed by atoms with van der Waals surface area (Å²) in [6.07, 6.45) is 1.90. The zero-order chi connectivity index (χ0) is 21.3. The van der Waals surface area contributed by atoms with Crippen LogP contribution < -0.4 is 10.7 Å². The van der Waals surface area contributed by atoms with Gasteiger partial charge in [-0.2, -0.15) is 5.01 Å². The monoisotopic (exact) mass is 441 g/mol. The zero-order valence-corrected chi connectivity index (χ0v) is 18.0. The van der Waals surface area contributed by atoms with Crippen molar-refractivity contribution in [2.75, 3.05) is 5.75 Å². The van der Waals surface area contributed by atoms with E-state index in [4.69, 9.17) is 0 Å². The fourth-order valence-electron chi connectivity index (χ4n) is 3.01. The number of imide groups is 1. The minimum Gasteiger partial charge on any atom is -0.322 e. The van der Waals surface area contributed by atoms with Crippen molar-refractivity contribution in [1.29, 1.82) is 0 Å². The molecule has 154 valence electrons. The molecule has 1 fully saturated rings. The van der Waals surface area contributed by atoms with E-state index in [0.29, 0.717) is 11.4 Å². The van der Waals surface area contributed by atoms with Gasteiger partial charge in [-0.25, -0.2) is 14.8 Å². The van der Waals surface area contributed by atoms with Crippen LogP contribution in [-0.2, 0) is 9.59 Å². The van der Waals surface area contributed by atoms with Gasteiger partial charge in [0.05, 0.1) is 5.75 Å². The van der Waals surface area contributed by atoms with Crippen molar-refractivity contribution in [3.63, 3.8) is 0 Å². The number of rotatable bonds is 6. The number of hydrogen-bond acceptors (Lipinski definition) is 7. The van der Waals surface area contributed by atoms with Crippen molar-refractivity contribution in [3.8, 4) is 10.4 Å². The van der Waals surface area contributed by atoms with Gasteiger partial charge in [0.15, 0.2) is 0 Å². The van der Waals surface area contributed by atoms with E-state index in [-0.39, 0.29) is 5.75 Å². The number of urea groups is 1. The molecule has 4 amide bonds. The van der Waals surface area contributed by atoms with Crippen LogP contribution in [-0.4, -0.2) is 44.1 Å². The molecule has 10 heteroatoms. The number of fused-ring (bicyclic) bond motifs is 1. The Morgan fingerprint density at radius 3 is 2.73 bits per heavy atom. The summed E-state index contributed by atoms with van der Waals surface area (Å²) in [4.78, 5) is 47.3. The van der Waals surface area contributed by atoms with Gasteiger partial charge in [-0.3, -0.25) is 15.0 Å². The molecular formula is C20H19N5O3S2. The van der Waals surface area contributed by atoms with Crippen LogP contribution in [0.2, 0.25) is 0 Å². The molecule has 1 aliphatic rings. The molecule has 1 saturated heterocycles. The van der Waals surface area contributed by atoms with E-state index in [1.165, 1.54) is 18.1 Å². The third-order valence-electron chi connectivity index (χ3n) is 4.90. The fourth-order valence-corrected chi connectivity index (χ4v) is 4.84. The summed E-state index contributed by atoms with van der Waals surface area (Å²) >= 11 is 2.79. The van der Waals surface area contributed by atoms with Gasteiger partial charge in [0.25, 0.3) is 5.91 Å². The molecule has 1 aliphatic heterocycles. The summed E-state index contributed by atoms with van der Waals surface area (Å²) in [6.45, 7) is 3.43. The number of hydrogen-bond donors (Lipinski definition) is 2. The van der Waals surface area contributed by atoms with Crippen molar-refractivity contribution in [2.45, 2.75) is 30.8 Å². The molecule has 0 aliphatic carbocycles. The SMILES string of the molecule is CC[C@@]1(C)NC(=O)N(NC(=O)CSc2ncnc3sc(-c4ccccc4)cc23)C1=O. The molecular weight excluding hydrogens is 422 g/mol. The highest BCUT2D eigenvalue weighted by atomic mass is 32.2. The molecule has 3 heterocycles. The number of carbonyl (C=O) groups excluding carboxylic acids is 3. The second-order valence-corrected chi connectivity index (χ2v) is 8.95. The molecule has 8 nitrogen and oxygen atoms in total. The first-order valence-electron chi connectivity index (χ1n) is 9.30. The van der Waals surface area contributed by atoms with Crippen LogP contribution in [0.3, 0.4) is 0 Å². The van der Waals surface area contributed by atoms with Crippen molar-refractivity contribution >= 4 is 51.2 Å². The van der Waals surface area contributed by atoms with E-state index in [0.717, 1.165) is 25.7 Å². The van der Waals surface area contributed by atoms with Crippen LogP contribution in [0.25, 0.3) is 20.7 Å². The molecule has 2 N–H and O–H groups in total. The molecule has 2 aromatic heterocycles. The topological polar surface area (TPSA) is 104 Å². The van der Waals surface area contributed by atoms with Crippen molar-refractivity contribution in [3.05, 3.63) is 42.7 Å². The van der Waals surface area contributed by atoms with E-state index >= 15 is 0 Å². The molecule has 0 bridgehead atoms. The van der Waals surface area contributed by atoms with Crippen LogP contribution in [0.5, 0.6) is 0 Å². The first kappa shape index (κ1) is 20.3. The summed E-state index contributed by atoms with van der Waals surface area (Å²) in [7, 11) is 0. The predicted octanol–water partition coefficient (Wildman–Crippen LogP) is 3.20. The highest BCUT2D eigenvalue weighted by Crippen LogP contribution is 2.36. The second-order valence-electron chi connectivity index (χ2n) is 6.95. The van der Waals surface area contributed by atoms with E-state index < -0.39 is 23.4 Å². The molecule has 1 aromatic carbocycles. The first-order valence-corrected chi connectivity index (χ1v) is 11.1. The first-order chi connectivity index (χ1) is 14.4. The van der Waals surface area contributed by atoms with Crippen LogP contribution >= 0.6 is 23.1 Å². The number of nitrogens with zero attached hydrogens (tertiary/aromatic N) is 3. The Morgan fingerprint density at radius 1 is 1.27 bits per heavy atom. The van der Waals surface area contributed by atoms with Crippen molar-refractivity contribution < 1.29 is 14.4 Å². The highest BCUT2D eigenvalue weighted by Gasteiger charge is 2.47. The maximum absolute atomic E-state index is 12.4. The van der Waals surface area contributed by atoms with E-state index in [1.54, 1.807) is 25.2 Å². The lowest BCUT2D eigenvalue weighted by Gasteiger charge is -2.19. The number of benzene rings is 1. The average Bonchev–Trinajstić information content (AvgIpc) is 3.28. The summed E-state index contributed by atoms with van der Waals surface area (Å²) in [6, 6.07) is 11.4. The number of amides is 4. The van der Waals surface area contributed by atoms with Gasteiger partial charge in [-0.1, -0.05) is 49.0 Å². The van der Waals surface area contributed by atoms with Crippen LogP contribution in [0.4, 0.5) is 4.79 Å². The molecule has 1 atom stereocenters. The molecule has 0 unspecified atom stereocenters. The van der Waals surface area contributed by atoms with Gasteiger partial charge in [0.1, 0.15) is 21.7 Å². The number of nitrogens with one attached hydrogen (secondary N) is 2. The quantitative estimate of drug-likeness (QED) is 0.346.